The Morgan fingerprint density at radius 1 is 1.08 bits per heavy atom. The number of aryl methyl sites for hydroxylation is 1. The summed E-state index contributed by atoms with van der Waals surface area (Å²) in [4.78, 5) is 12.7. The molecule has 1 aromatic heterocycles. The van der Waals surface area contributed by atoms with Crippen LogP contribution in [0.4, 0.5) is 5.82 Å². The second kappa shape index (κ2) is 7.09. The normalized spacial score (nSPS) is 12.5. The molecule has 0 bridgehead atoms. The lowest BCUT2D eigenvalue weighted by molar-refractivity contribution is -0.117. The van der Waals surface area contributed by atoms with Gasteiger partial charge in [0.1, 0.15) is 0 Å². The molecule has 3 rings (SSSR count). The molecule has 3 aromatic rings. The summed E-state index contributed by atoms with van der Waals surface area (Å²) in [5.41, 5.74) is 3.33. The number of hydrogen-bond acceptors (Lipinski definition) is 2. The lowest BCUT2D eigenvalue weighted by atomic mass is 9.96. The largest absolute Gasteiger partial charge is 0.308 e. The second-order valence-corrected chi connectivity index (χ2v) is 7.04. The molecule has 25 heavy (non-hydrogen) atoms. The van der Waals surface area contributed by atoms with Crippen molar-refractivity contribution in [3.8, 4) is 0 Å². The number of nitrogens with one attached hydrogen (secondary N) is 1. The molecule has 4 heteroatoms. The average Bonchev–Trinajstić information content (AvgIpc) is 2.91. The fourth-order valence-electron chi connectivity index (χ4n) is 3.10. The van der Waals surface area contributed by atoms with Gasteiger partial charge in [0.05, 0.1) is 11.4 Å². The Morgan fingerprint density at radius 3 is 2.44 bits per heavy atom. The number of para-hydroxylation sites is 1. The van der Waals surface area contributed by atoms with Crippen molar-refractivity contribution < 1.29 is 4.79 Å². The topological polar surface area (TPSA) is 46.9 Å². The summed E-state index contributed by atoms with van der Waals surface area (Å²) in [6.07, 6.45) is 1.06. The van der Waals surface area contributed by atoms with E-state index in [-0.39, 0.29) is 11.8 Å². The van der Waals surface area contributed by atoms with Crippen molar-refractivity contribution in [2.45, 2.75) is 33.1 Å². The van der Waals surface area contributed by atoms with Gasteiger partial charge in [0.15, 0.2) is 5.82 Å². The third-order valence-corrected chi connectivity index (χ3v) is 4.52. The molecule has 0 radical (unpaired) electrons. The molecule has 0 saturated carbocycles. The highest BCUT2D eigenvalue weighted by Gasteiger charge is 2.18. The van der Waals surface area contributed by atoms with Gasteiger partial charge in [-0.15, -0.1) is 0 Å². The molecule has 0 saturated heterocycles. The van der Waals surface area contributed by atoms with E-state index in [1.165, 1.54) is 5.56 Å². The predicted molar refractivity (Wildman–Crippen MR) is 103 cm³/mol. The van der Waals surface area contributed by atoms with Crippen LogP contribution in [0.2, 0.25) is 0 Å². The van der Waals surface area contributed by atoms with Crippen molar-refractivity contribution in [3.05, 3.63) is 59.7 Å². The Morgan fingerprint density at radius 2 is 1.76 bits per heavy atom. The Bertz CT molecular complexity index is 878. The summed E-state index contributed by atoms with van der Waals surface area (Å²) < 4.78 is 1.79. The molecule has 0 fully saturated rings. The molecule has 4 nitrogen and oxygen atoms in total. The van der Waals surface area contributed by atoms with Gasteiger partial charge in [-0.25, -0.2) is 0 Å². The summed E-state index contributed by atoms with van der Waals surface area (Å²) in [6.45, 7) is 6.35. The Kier molecular flexibility index (Phi) is 4.88. The minimum absolute atomic E-state index is 0.0412. The van der Waals surface area contributed by atoms with E-state index in [2.05, 4.69) is 48.5 Å². The Labute approximate surface area is 148 Å². The number of aromatic nitrogens is 2. The first-order chi connectivity index (χ1) is 12.0. The van der Waals surface area contributed by atoms with Gasteiger partial charge in [-0.1, -0.05) is 50.2 Å². The molecule has 0 aliphatic heterocycles. The van der Waals surface area contributed by atoms with Gasteiger partial charge in [0.25, 0.3) is 0 Å². The Balaban J connectivity index is 1.76. The van der Waals surface area contributed by atoms with E-state index in [4.69, 9.17) is 0 Å². The number of rotatable bonds is 5. The number of anilines is 1. The van der Waals surface area contributed by atoms with Gasteiger partial charge in [-0.2, -0.15) is 5.10 Å². The third kappa shape index (κ3) is 3.73. The molecule has 1 atom stereocenters. The first-order valence-corrected chi connectivity index (χ1v) is 8.77. The SMILES string of the molecule is CC(C)Cc1ccc([C@H](C)C(=O)Nc2nn(C)c3ccccc23)cc1. The number of benzene rings is 2. The smallest absolute Gasteiger partial charge is 0.232 e. The molecular formula is C21H25N3O. The van der Waals surface area contributed by atoms with Crippen LogP contribution < -0.4 is 5.32 Å². The highest BCUT2D eigenvalue weighted by atomic mass is 16.1. The monoisotopic (exact) mass is 335 g/mol. The quantitative estimate of drug-likeness (QED) is 0.745. The maximum Gasteiger partial charge on any atom is 0.232 e. The zero-order valence-electron chi connectivity index (χ0n) is 15.3. The third-order valence-electron chi connectivity index (χ3n) is 4.52. The predicted octanol–water partition coefficient (Wildman–Crippen LogP) is 4.51. The average molecular weight is 335 g/mol. The van der Waals surface area contributed by atoms with Crippen LogP contribution >= 0.6 is 0 Å². The van der Waals surface area contributed by atoms with Crippen LogP contribution in [0.15, 0.2) is 48.5 Å². The van der Waals surface area contributed by atoms with Crippen molar-refractivity contribution >= 4 is 22.6 Å². The number of nitrogens with zero attached hydrogens (tertiary/aromatic N) is 2. The van der Waals surface area contributed by atoms with E-state index in [0.29, 0.717) is 11.7 Å². The highest BCUT2D eigenvalue weighted by molar-refractivity contribution is 6.02. The molecule has 0 aliphatic carbocycles. The van der Waals surface area contributed by atoms with Crippen LogP contribution in [0.3, 0.4) is 0 Å². The van der Waals surface area contributed by atoms with Gasteiger partial charge in [0, 0.05) is 12.4 Å². The van der Waals surface area contributed by atoms with Crippen LogP contribution in [0.5, 0.6) is 0 Å². The molecule has 130 valence electrons. The molecule has 0 unspecified atom stereocenters. The van der Waals surface area contributed by atoms with Crippen LogP contribution in [0.1, 0.15) is 37.8 Å². The molecule has 2 aromatic carbocycles. The van der Waals surface area contributed by atoms with Gasteiger partial charge >= 0.3 is 0 Å². The van der Waals surface area contributed by atoms with Crippen LogP contribution in [0, 0.1) is 5.92 Å². The van der Waals surface area contributed by atoms with Crippen molar-refractivity contribution in [2.24, 2.45) is 13.0 Å². The fourth-order valence-corrected chi connectivity index (χ4v) is 3.10. The van der Waals surface area contributed by atoms with E-state index in [1.54, 1.807) is 4.68 Å². The first-order valence-electron chi connectivity index (χ1n) is 8.77. The molecule has 1 heterocycles. The van der Waals surface area contributed by atoms with E-state index in [9.17, 15) is 4.79 Å². The van der Waals surface area contributed by atoms with Crippen LogP contribution in [-0.4, -0.2) is 15.7 Å². The molecule has 0 spiro atoms. The van der Waals surface area contributed by atoms with E-state index in [0.717, 1.165) is 22.9 Å². The van der Waals surface area contributed by atoms with E-state index >= 15 is 0 Å². The minimum atomic E-state index is -0.228. The van der Waals surface area contributed by atoms with Crippen molar-refractivity contribution in [2.75, 3.05) is 5.32 Å². The number of amides is 1. The lowest BCUT2D eigenvalue weighted by Gasteiger charge is -2.13. The van der Waals surface area contributed by atoms with Gasteiger partial charge in [-0.05, 0) is 42.5 Å². The first kappa shape index (κ1) is 17.2. The van der Waals surface area contributed by atoms with Crippen molar-refractivity contribution in [1.29, 1.82) is 0 Å². The van der Waals surface area contributed by atoms with E-state index < -0.39 is 0 Å². The second-order valence-electron chi connectivity index (χ2n) is 7.04. The maximum absolute atomic E-state index is 12.7. The number of fused-ring (bicyclic) bond motifs is 1. The van der Waals surface area contributed by atoms with Crippen LogP contribution in [-0.2, 0) is 18.3 Å². The zero-order chi connectivity index (χ0) is 18.0. The van der Waals surface area contributed by atoms with Gasteiger partial charge < -0.3 is 5.32 Å². The van der Waals surface area contributed by atoms with Crippen LogP contribution in [0.25, 0.3) is 10.9 Å². The molecule has 1 amide bonds. The molecular weight excluding hydrogens is 310 g/mol. The summed E-state index contributed by atoms with van der Waals surface area (Å²) in [5.74, 6) is 0.977. The summed E-state index contributed by atoms with van der Waals surface area (Å²) in [7, 11) is 1.88. The van der Waals surface area contributed by atoms with E-state index in [1.807, 2.05) is 38.2 Å². The number of carbonyl (C=O) groups excluding carboxylic acids is 1. The maximum atomic E-state index is 12.7. The van der Waals surface area contributed by atoms with Gasteiger partial charge in [0.2, 0.25) is 5.91 Å². The minimum Gasteiger partial charge on any atom is -0.308 e. The number of carbonyl (C=O) groups is 1. The molecule has 1 N–H and O–H groups in total. The van der Waals surface area contributed by atoms with Crippen molar-refractivity contribution in [3.63, 3.8) is 0 Å². The standard InChI is InChI=1S/C21H25N3O/c1-14(2)13-16-9-11-17(12-10-16)15(3)21(25)22-20-18-7-5-6-8-19(18)24(4)23-20/h5-12,14-15H,13H2,1-4H3,(H,22,23,25)/t15-/m0/s1. The summed E-state index contributed by atoms with van der Waals surface area (Å²) in [6, 6.07) is 16.2. The fraction of sp³-hybridized carbons (Fsp3) is 0.333. The summed E-state index contributed by atoms with van der Waals surface area (Å²) in [5, 5.41) is 8.37. The Hall–Kier alpha value is -2.62. The molecule has 0 aliphatic rings. The van der Waals surface area contributed by atoms with Gasteiger partial charge in [-0.3, -0.25) is 9.48 Å². The highest BCUT2D eigenvalue weighted by Crippen LogP contribution is 2.24. The lowest BCUT2D eigenvalue weighted by Crippen LogP contribution is -2.19. The number of hydrogen-bond donors (Lipinski definition) is 1. The summed E-state index contributed by atoms with van der Waals surface area (Å²) >= 11 is 0. The van der Waals surface area contributed by atoms with Crippen molar-refractivity contribution in [1.82, 2.24) is 9.78 Å². The zero-order valence-corrected chi connectivity index (χ0v) is 15.3.